The maximum Gasteiger partial charge on any atom is 0.410 e. The summed E-state index contributed by atoms with van der Waals surface area (Å²) in [6, 6.07) is 7.94. The number of benzene rings is 1. The Balaban J connectivity index is 1.52. The average molecular weight is 360 g/mol. The molecule has 1 aliphatic carbocycles. The van der Waals surface area contributed by atoms with Crippen LogP contribution < -0.4 is 5.32 Å². The van der Waals surface area contributed by atoms with E-state index >= 15 is 0 Å². The molecule has 0 bridgehead atoms. The van der Waals surface area contributed by atoms with Gasteiger partial charge in [0.25, 0.3) is 5.91 Å². The number of piperidine rings is 1. The fraction of sp³-hybridized carbons (Fsp3) is 0.600. The molecule has 0 radical (unpaired) electrons. The highest BCUT2D eigenvalue weighted by atomic mass is 16.6. The van der Waals surface area contributed by atoms with Gasteiger partial charge in [-0.1, -0.05) is 24.3 Å². The molecule has 26 heavy (non-hydrogen) atoms. The summed E-state index contributed by atoms with van der Waals surface area (Å²) in [6.07, 6.45) is 2.41. The van der Waals surface area contributed by atoms with Crippen LogP contribution in [-0.4, -0.2) is 52.8 Å². The van der Waals surface area contributed by atoms with Crippen molar-refractivity contribution in [2.24, 2.45) is 0 Å². The zero-order chi connectivity index (χ0) is 18.7. The fourth-order valence-corrected chi connectivity index (χ4v) is 3.71. The number of amides is 2. The molecular formula is C20H28N2O4. The molecule has 1 aromatic carbocycles. The van der Waals surface area contributed by atoms with E-state index in [9.17, 15) is 14.7 Å². The van der Waals surface area contributed by atoms with Gasteiger partial charge in [-0.3, -0.25) is 4.79 Å². The van der Waals surface area contributed by atoms with Gasteiger partial charge in [-0.05, 0) is 50.7 Å². The molecular weight excluding hydrogens is 332 g/mol. The summed E-state index contributed by atoms with van der Waals surface area (Å²) >= 11 is 0. The number of likely N-dealkylation sites (tertiary alicyclic amines) is 1. The quantitative estimate of drug-likeness (QED) is 0.864. The van der Waals surface area contributed by atoms with Crippen molar-refractivity contribution in [3.63, 3.8) is 0 Å². The Morgan fingerprint density at radius 1 is 1.23 bits per heavy atom. The Bertz CT molecular complexity index is 668. The number of aryl methyl sites for hydroxylation is 1. The van der Waals surface area contributed by atoms with Gasteiger partial charge in [0, 0.05) is 25.6 Å². The normalized spacial score (nSPS) is 23.5. The molecule has 0 aromatic heterocycles. The minimum absolute atomic E-state index is 0.0215. The Kier molecular flexibility index (Phi) is 5.51. The number of carbonyl (C=O) groups excluding carboxylic acids is 2. The lowest BCUT2D eigenvalue weighted by molar-refractivity contribution is -0.142. The van der Waals surface area contributed by atoms with Crippen molar-refractivity contribution in [2.75, 3.05) is 13.1 Å². The average Bonchev–Trinajstić information content (AvgIpc) is 2.61. The number of hydrogen-bond acceptors (Lipinski definition) is 4. The SMILES string of the molecule is CC(C)OC(=O)N1CCC(NC(=O)C2(O)CCc3ccccc3C2)CC1. The fourth-order valence-electron chi connectivity index (χ4n) is 3.71. The van der Waals surface area contributed by atoms with Gasteiger partial charge in [0.1, 0.15) is 5.60 Å². The van der Waals surface area contributed by atoms with Gasteiger partial charge >= 0.3 is 6.09 Å². The van der Waals surface area contributed by atoms with Crippen LogP contribution in [0.3, 0.4) is 0 Å². The van der Waals surface area contributed by atoms with Crippen molar-refractivity contribution in [3.05, 3.63) is 35.4 Å². The van der Waals surface area contributed by atoms with Crippen molar-refractivity contribution in [3.8, 4) is 0 Å². The van der Waals surface area contributed by atoms with Crippen LogP contribution >= 0.6 is 0 Å². The van der Waals surface area contributed by atoms with Crippen molar-refractivity contribution in [1.82, 2.24) is 10.2 Å². The zero-order valence-corrected chi connectivity index (χ0v) is 15.5. The van der Waals surface area contributed by atoms with E-state index in [2.05, 4.69) is 11.4 Å². The van der Waals surface area contributed by atoms with E-state index in [-0.39, 0.29) is 24.1 Å². The molecule has 1 fully saturated rings. The molecule has 1 aliphatic heterocycles. The lowest BCUT2D eigenvalue weighted by Crippen LogP contribution is -2.55. The van der Waals surface area contributed by atoms with Gasteiger partial charge in [0.2, 0.25) is 0 Å². The molecule has 142 valence electrons. The minimum atomic E-state index is -1.35. The lowest BCUT2D eigenvalue weighted by Gasteiger charge is -2.36. The van der Waals surface area contributed by atoms with E-state index < -0.39 is 5.60 Å². The molecule has 1 unspecified atom stereocenters. The predicted octanol–water partition coefficient (Wildman–Crippen LogP) is 2.03. The third-order valence-electron chi connectivity index (χ3n) is 5.26. The molecule has 2 amide bonds. The summed E-state index contributed by atoms with van der Waals surface area (Å²) in [7, 11) is 0. The van der Waals surface area contributed by atoms with Crippen LogP contribution in [0.2, 0.25) is 0 Å². The van der Waals surface area contributed by atoms with Gasteiger partial charge in [-0.25, -0.2) is 4.79 Å². The number of rotatable bonds is 3. The second-order valence-corrected chi connectivity index (χ2v) is 7.64. The third-order valence-corrected chi connectivity index (χ3v) is 5.26. The summed E-state index contributed by atoms with van der Waals surface area (Å²) in [6.45, 7) is 4.76. The monoisotopic (exact) mass is 360 g/mol. The molecule has 2 aliphatic rings. The Labute approximate surface area is 154 Å². The van der Waals surface area contributed by atoms with Crippen LogP contribution in [0.4, 0.5) is 4.79 Å². The van der Waals surface area contributed by atoms with Crippen LogP contribution in [0, 0.1) is 0 Å². The highest BCUT2D eigenvalue weighted by Gasteiger charge is 2.40. The number of fused-ring (bicyclic) bond motifs is 1. The van der Waals surface area contributed by atoms with Gasteiger partial charge in [-0.15, -0.1) is 0 Å². The molecule has 0 saturated carbocycles. The molecule has 6 nitrogen and oxygen atoms in total. The number of hydrogen-bond donors (Lipinski definition) is 2. The van der Waals surface area contributed by atoms with Crippen LogP contribution in [0.5, 0.6) is 0 Å². The second-order valence-electron chi connectivity index (χ2n) is 7.64. The molecule has 1 heterocycles. The number of ether oxygens (including phenoxy) is 1. The minimum Gasteiger partial charge on any atom is -0.447 e. The first kappa shape index (κ1) is 18.7. The van der Waals surface area contributed by atoms with E-state index in [1.54, 1.807) is 4.90 Å². The first-order valence-corrected chi connectivity index (χ1v) is 9.43. The van der Waals surface area contributed by atoms with E-state index in [0.29, 0.717) is 45.2 Å². The zero-order valence-electron chi connectivity index (χ0n) is 15.5. The molecule has 1 aromatic rings. The van der Waals surface area contributed by atoms with Crippen LogP contribution in [-0.2, 0) is 22.4 Å². The molecule has 2 N–H and O–H groups in total. The van der Waals surface area contributed by atoms with E-state index in [0.717, 1.165) is 5.56 Å². The van der Waals surface area contributed by atoms with Crippen molar-refractivity contribution < 1.29 is 19.4 Å². The first-order valence-electron chi connectivity index (χ1n) is 9.43. The van der Waals surface area contributed by atoms with Gasteiger partial charge < -0.3 is 20.1 Å². The standard InChI is InChI=1S/C20H28N2O4/c1-14(2)26-19(24)22-11-8-17(9-12-22)21-18(23)20(25)10-7-15-5-3-4-6-16(15)13-20/h3-6,14,17,25H,7-13H2,1-2H3,(H,21,23). The maximum atomic E-state index is 12.7. The highest BCUT2D eigenvalue weighted by Crippen LogP contribution is 2.29. The van der Waals surface area contributed by atoms with Crippen LogP contribution in [0.1, 0.15) is 44.2 Å². The number of nitrogens with one attached hydrogen (secondary N) is 1. The topological polar surface area (TPSA) is 78.9 Å². The first-order chi connectivity index (χ1) is 12.4. The number of aliphatic hydroxyl groups is 1. The third kappa shape index (κ3) is 4.18. The van der Waals surface area contributed by atoms with Gasteiger partial charge in [-0.2, -0.15) is 0 Å². The highest BCUT2D eigenvalue weighted by molar-refractivity contribution is 5.86. The second kappa shape index (κ2) is 7.66. The summed E-state index contributed by atoms with van der Waals surface area (Å²) in [4.78, 5) is 26.3. The van der Waals surface area contributed by atoms with Crippen molar-refractivity contribution in [2.45, 2.75) is 63.7 Å². The summed E-state index contributed by atoms with van der Waals surface area (Å²) in [5.74, 6) is -0.296. The van der Waals surface area contributed by atoms with E-state index in [1.807, 2.05) is 32.0 Å². The Morgan fingerprint density at radius 2 is 1.88 bits per heavy atom. The molecule has 3 rings (SSSR count). The predicted molar refractivity (Wildman–Crippen MR) is 97.8 cm³/mol. The largest absolute Gasteiger partial charge is 0.447 e. The lowest BCUT2D eigenvalue weighted by atomic mass is 9.79. The van der Waals surface area contributed by atoms with Crippen molar-refractivity contribution >= 4 is 12.0 Å². The smallest absolute Gasteiger partial charge is 0.410 e. The molecule has 1 saturated heterocycles. The van der Waals surface area contributed by atoms with Gasteiger partial charge in [0.05, 0.1) is 6.10 Å². The maximum absolute atomic E-state index is 12.7. The molecule has 6 heteroatoms. The van der Waals surface area contributed by atoms with Crippen LogP contribution in [0.25, 0.3) is 0 Å². The summed E-state index contributed by atoms with van der Waals surface area (Å²) in [5.41, 5.74) is 0.909. The van der Waals surface area contributed by atoms with Crippen LogP contribution in [0.15, 0.2) is 24.3 Å². The number of carbonyl (C=O) groups is 2. The molecule has 0 spiro atoms. The summed E-state index contributed by atoms with van der Waals surface area (Å²) in [5, 5.41) is 13.9. The van der Waals surface area contributed by atoms with Crippen molar-refractivity contribution in [1.29, 1.82) is 0 Å². The van der Waals surface area contributed by atoms with E-state index in [4.69, 9.17) is 4.74 Å². The Morgan fingerprint density at radius 3 is 2.54 bits per heavy atom. The molecule has 1 atom stereocenters. The Hall–Kier alpha value is -2.08. The van der Waals surface area contributed by atoms with E-state index in [1.165, 1.54) is 5.56 Å². The van der Waals surface area contributed by atoms with Gasteiger partial charge in [0.15, 0.2) is 0 Å². The summed E-state index contributed by atoms with van der Waals surface area (Å²) < 4.78 is 5.21. The number of nitrogens with zero attached hydrogens (tertiary/aromatic N) is 1.